The van der Waals surface area contributed by atoms with Gasteiger partial charge in [-0.3, -0.25) is 20.6 Å². The van der Waals surface area contributed by atoms with Crippen molar-refractivity contribution in [2.75, 3.05) is 5.43 Å². The third kappa shape index (κ3) is 1.52. The molecule has 96 valence electrons. The van der Waals surface area contributed by atoms with Crippen LogP contribution in [-0.4, -0.2) is 10.9 Å². The minimum Gasteiger partial charge on any atom is -0.297 e. The number of hydrazine groups is 1. The van der Waals surface area contributed by atoms with Gasteiger partial charge in [0.05, 0.1) is 16.8 Å². The number of aryl methyl sites for hydroxylation is 1. The highest BCUT2D eigenvalue weighted by Crippen LogP contribution is 2.35. The molecule has 0 atom stereocenters. The van der Waals surface area contributed by atoms with E-state index in [9.17, 15) is 4.79 Å². The molecule has 0 fully saturated rings. The zero-order valence-corrected chi connectivity index (χ0v) is 10.6. The van der Waals surface area contributed by atoms with Crippen LogP contribution in [0.25, 0.3) is 10.9 Å². The molecule has 0 radical (unpaired) electrons. The van der Waals surface area contributed by atoms with Gasteiger partial charge < -0.3 is 0 Å². The average molecular weight is 253 g/mol. The highest BCUT2D eigenvalue weighted by atomic mass is 16.2. The Morgan fingerprint density at radius 3 is 2.89 bits per heavy atom. The maximum Gasteiger partial charge on any atom is 0.270 e. The number of benzene rings is 1. The van der Waals surface area contributed by atoms with Gasteiger partial charge in [0.1, 0.15) is 0 Å². The Hall–Kier alpha value is -2.10. The lowest BCUT2D eigenvalue weighted by Gasteiger charge is -2.23. The van der Waals surface area contributed by atoms with E-state index in [1.165, 1.54) is 30.5 Å². The Balaban J connectivity index is 2.09. The first-order valence-electron chi connectivity index (χ1n) is 6.85. The van der Waals surface area contributed by atoms with Crippen LogP contribution in [0.1, 0.15) is 40.9 Å². The molecule has 1 amide bonds. The number of nitrogens with one attached hydrogen (secondary N) is 2. The molecule has 2 aliphatic rings. The van der Waals surface area contributed by atoms with Crippen molar-refractivity contribution in [3.63, 3.8) is 0 Å². The van der Waals surface area contributed by atoms with E-state index in [0.717, 1.165) is 35.0 Å². The Morgan fingerprint density at radius 2 is 1.95 bits per heavy atom. The van der Waals surface area contributed by atoms with Gasteiger partial charge in [0.15, 0.2) is 0 Å². The Kier molecular flexibility index (Phi) is 2.24. The molecule has 1 aromatic heterocycles. The molecule has 4 rings (SSSR count). The van der Waals surface area contributed by atoms with Crippen LogP contribution in [0.15, 0.2) is 18.2 Å². The van der Waals surface area contributed by atoms with Crippen molar-refractivity contribution in [3.05, 3.63) is 35.0 Å². The van der Waals surface area contributed by atoms with Crippen molar-refractivity contribution < 1.29 is 4.79 Å². The lowest BCUT2D eigenvalue weighted by atomic mass is 9.97. The van der Waals surface area contributed by atoms with Crippen LogP contribution in [0, 0.1) is 0 Å². The number of nitrogens with zero attached hydrogens (tertiary/aromatic N) is 1. The fourth-order valence-electron chi connectivity index (χ4n) is 3.16. The summed E-state index contributed by atoms with van der Waals surface area (Å²) in [5.74, 6) is -0.0755. The molecule has 0 spiro atoms. The molecule has 0 saturated heterocycles. The van der Waals surface area contributed by atoms with Crippen LogP contribution in [0.3, 0.4) is 0 Å². The predicted molar refractivity (Wildman–Crippen MR) is 74.1 cm³/mol. The van der Waals surface area contributed by atoms with Crippen LogP contribution < -0.4 is 10.9 Å². The first-order valence-corrected chi connectivity index (χ1v) is 6.85. The second-order valence-corrected chi connectivity index (χ2v) is 5.25. The van der Waals surface area contributed by atoms with Crippen molar-refractivity contribution in [2.45, 2.75) is 32.1 Å². The number of rotatable bonds is 0. The summed E-state index contributed by atoms with van der Waals surface area (Å²) in [6.45, 7) is 0. The highest BCUT2D eigenvalue weighted by Gasteiger charge is 2.24. The summed E-state index contributed by atoms with van der Waals surface area (Å²) in [6, 6.07) is 5.77. The Labute approximate surface area is 111 Å². The lowest BCUT2D eigenvalue weighted by molar-refractivity contribution is 0.0962. The number of carbonyl (C=O) groups is 1. The molecular formula is C15H15N3O. The van der Waals surface area contributed by atoms with Gasteiger partial charge in [-0.1, -0.05) is 12.5 Å². The minimum absolute atomic E-state index is 0.0755. The maximum atomic E-state index is 11.9. The lowest BCUT2D eigenvalue weighted by Crippen LogP contribution is -2.34. The summed E-state index contributed by atoms with van der Waals surface area (Å²) in [5.41, 5.74) is 11.1. The summed E-state index contributed by atoms with van der Waals surface area (Å²) in [4.78, 5) is 16.7. The number of hydrogen-bond acceptors (Lipinski definition) is 3. The standard InChI is InChI=1S/C15H15N3O/c19-15-10-6-4-8-12-13(10)14(17-18-15)9-5-2-1-3-7-11(9)16-12/h4,6,8,17H,1-3,5,7H2,(H,18,19). The van der Waals surface area contributed by atoms with Crippen LogP contribution in [-0.2, 0) is 12.8 Å². The topological polar surface area (TPSA) is 54.0 Å². The molecular weight excluding hydrogens is 238 g/mol. The van der Waals surface area contributed by atoms with Crippen molar-refractivity contribution in [2.24, 2.45) is 0 Å². The third-order valence-corrected chi connectivity index (χ3v) is 4.08. The monoisotopic (exact) mass is 253 g/mol. The minimum atomic E-state index is -0.0755. The molecule has 1 aliphatic carbocycles. The quantitative estimate of drug-likeness (QED) is 0.709. The fourth-order valence-corrected chi connectivity index (χ4v) is 3.16. The SMILES string of the molecule is O=C1NNc2c3c(nc4cccc1c24)CCCCC3. The Morgan fingerprint density at radius 1 is 1.05 bits per heavy atom. The van der Waals surface area contributed by atoms with Crippen molar-refractivity contribution in [1.29, 1.82) is 0 Å². The van der Waals surface area contributed by atoms with Gasteiger partial charge >= 0.3 is 0 Å². The van der Waals surface area contributed by atoms with Crippen molar-refractivity contribution in [3.8, 4) is 0 Å². The van der Waals surface area contributed by atoms with Gasteiger partial charge in [0, 0.05) is 11.1 Å². The molecule has 0 bridgehead atoms. The van der Waals surface area contributed by atoms with E-state index in [-0.39, 0.29) is 5.91 Å². The van der Waals surface area contributed by atoms with Gasteiger partial charge in [-0.25, -0.2) is 0 Å². The number of carbonyl (C=O) groups excluding carboxylic acids is 1. The zero-order valence-electron chi connectivity index (χ0n) is 10.6. The molecule has 4 heteroatoms. The summed E-state index contributed by atoms with van der Waals surface area (Å²) < 4.78 is 0. The number of anilines is 1. The van der Waals surface area contributed by atoms with Gasteiger partial charge in [0.2, 0.25) is 0 Å². The number of fused-ring (bicyclic) bond motifs is 2. The molecule has 2 aromatic rings. The number of hydrogen-bond donors (Lipinski definition) is 2. The first-order chi connectivity index (χ1) is 9.34. The van der Waals surface area contributed by atoms with Crippen LogP contribution in [0.4, 0.5) is 5.69 Å². The largest absolute Gasteiger partial charge is 0.297 e. The number of amides is 1. The normalized spacial score (nSPS) is 17.4. The van der Waals surface area contributed by atoms with Crippen molar-refractivity contribution in [1.82, 2.24) is 10.4 Å². The van der Waals surface area contributed by atoms with E-state index in [0.29, 0.717) is 0 Å². The average Bonchev–Trinajstić information content (AvgIpc) is 2.67. The van der Waals surface area contributed by atoms with E-state index in [1.807, 2.05) is 18.2 Å². The molecule has 1 aromatic carbocycles. The number of pyridine rings is 1. The highest BCUT2D eigenvalue weighted by molar-refractivity contribution is 6.14. The first kappa shape index (κ1) is 10.8. The predicted octanol–water partition coefficient (Wildman–Crippen LogP) is 2.57. The van der Waals surface area contributed by atoms with Crippen LogP contribution in [0.2, 0.25) is 0 Å². The Bertz CT molecular complexity index is 693. The summed E-state index contributed by atoms with van der Waals surface area (Å²) >= 11 is 0. The third-order valence-electron chi connectivity index (χ3n) is 4.08. The summed E-state index contributed by atoms with van der Waals surface area (Å²) in [6.07, 6.45) is 5.75. The van der Waals surface area contributed by atoms with Gasteiger partial charge in [-0.2, -0.15) is 0 Å². The van der Waals surface area contributed by atoms with Crippen LogP contribution >= 0.6 is 0 Å². The van der Waals surface area contributed by atoms with Gasteiger partial charge in [-0.15, -0.1) is 0 Å². The van der Waals surface area contributed by atoms with Crippen LogP contribution in [0.5, 0.6) is 0 Å². The smallest absolute Gasteiger partial charge is 0.270 e. The van der Waals surface area contributed by atoms with E-state index in [2.05, 4.69) is 10.9 Å². The fraction of sp³-hybridized carbons (Fsp3) is 0.333. The van der Waals surface area contributed by atoms with E-state index in [4.69, 9.17) is 4.98 Å². The second kappa shape index (κ2) is 3.95. The second-order valence-electron chi connectivity index (χ2n) is 5.25. The molecule has 4 nitrogen and oxygen atoms in total. The van der Waals surface area contributed by atoms with Gasteiger partial charge in [-0.05, 0) is 43.4 Å². The van der Waals surface area contributed by atoms with E-state index < -0.39 is 0 Å². The molecule has 2 N–H and O–H groups in total. The zero-order chi connectivity index (χ0) is 12.8. The molecule has 0 saturated carbocycles. The number of aromatic nitrogens is 1. The maximum absolute atomic E-state index is 11.9. The van der Waals surface area contributed by atoms with E-state index in [1.54, 1.807) is 0 Å². The summed E-state index contributed by atoms with van der Waals surface area (Å²) in [7, 11) is 0. The van der Waals surface area contributed by atoms with E-state index >= 15 is 0 Å². The molecule has 1 aliphatic heterocycles. The molecule has 2 heterocycles. The molecule has 19 heavy (non-hydrogen) atoms. The van der Waals surface area contributed by atoms with Crippen molar-refractivity contribution >= 4 is 22.5 Å². The van der Waals surface area contributed by atoms with Gasteiger partial charge in [0.25, 0.3) is 5.91 Å². The molecule has 0 unspecified atom stereocenters. The summed E-state index contributed by atoms with van der Waals surface area (Å²) in [5, 5.41) is 0.979.